The molecule has 9 nitrogen and oxygen atoms in total. The van der Waals surface area contributed by atoms with Crippen molar-refractivity contribution in [1.29, 1.82) is 0 Å². The van der Waals surface area contributed by atoms with E-state index in [9.17, 15) is 14.4 Å². The van der Waals surface area contributed by atoms with Gasteiger partial charge in [0, 0.05) is 41.5 Å². The molecule has 2 aromatic rings. The van der Waals surface area contributed by atoms with Crippen molar-refractivity contribution >= 4 is 23.4 Å². The number of rotatable bonds is 5. The number of benzene rings is 1. The average molecular weight is 472 g/mol. The first-order valence-electron chi connectivity index (χ1n) is 11.6. The van der Waals surface area contributed by atoms with Crippen LogP contribution in [0.4, 0.5) is 21.8 Å². The average Bonchev–Trinajstić information content (AvgIpc) is 2.79. The molecule has 2 aliphatic rings. The molecule has 4 rings (SSSR count). The lowest BCUT2D eigenvalue weighted by molar-refractivity contribution is -0.289. The van der Waals surface area contributed by atoms with Crippen LogP contribution in [0.3, 0.4) is 0 Å². The van der Waals surface area contributed by atoms with E-state index in [1.165, 1.54) is 0 Å². The molecule has 183 valence electrons. The third-order valence-electron chi connectivity index (χ3n) is 6.37. The zero-order chi connectivity index (χ0) is 24.5. The van der Waals surface area contributed by atoms with Crippen molar-refractivity contribution in [2.75, 3.05) is 36.5 Å². The van der Waals surface area contributed by atoms with Crippen molar-refractivity contribution in [1.82, 2.24) is 20.3 Å². The Labute approximate surface area is 199 Å². The van der Waals surface area contributed by atoms with Crippen molar-refractivity contribution in [2.45, 2.75) is 57.7 Å². The second-order valence-corrected chi connectivity index (χ2v) is 10.2. The summed E-state index contributed by atoms with van der Waals surface area (Å²) in [6.45, 7) is 9.82. The number of halogens is 1. The van der Waals surface area contributed by atoms with E-state index in [4.69, 9.17) is 4.74 Å². The molecule has 2 aliphatic heterocycles. The highest BCUT2D eigenvalue weighted by Gasteiger charge is 2.46. The fourth-order valence-corrected chi connectivity index (χ4v) is 4.88. The minimum absolute atomic E-state index is 0.0910. The smallest absolute Gasteiger partial charge is 0.251 e. The van der Waals surface area contributed by atoms with Gasteiger partial charge in [-0.3, -0.25) is 4.79 Å². The Balaban J connectivity index is 1.40. The van der Waals surface area contributed by atoms with Crippen molar-refractivity contribution in [3.8, 4) is 0 Å². The summed E-state index contributed by atoms with van der Waals surface area (Å²) < 4.78 is 19.6. The standard InChI is InChI=1S/C24H32FN6O3/c1-23(2)13-18(14-24(3,4)31(23)33)27-21(32)16-5-7-17(8-6-16)28-22-26-15-19(25)20(29-22)30-9-11-34-12-10-30/h5-8,15,18H,9-14H2,1-4H3,(H,27,32)(H,26,28,29). The Morgan fingerprint density at radius 3 is 2.32 bits per heavy atom. The van der Waals surface area contributed by atoms with E-state index in [0.29, 0.717) is 50.4 Å². The SMILES string of the molecule is CC1(C)CC(NC(=O)c2ccc(Nc3ncc(F)c(N4CCOCC4)n3)cc2)CC(C)(C)N1[O]. The number of aromatic nitrogens is 2. The molecule has 2 saturated heterocycles. The van der Waals surface area contributed by atoms with E-state index in [1.807, 2.05) is 32.6 Å². The lowest BCUT2D eigenvalue weighted by Crippen LogP contribution is -2.62. The van der Waals surface area contributed by atoms with Crippen molar-refractivity contribution in [3.63, 3.8) is 0 Å². The van der Waals surface area contributed by atoms with Gasteiger partial charge < -0.3 is 20.3 Å². The number of nitrogens with one attached hydrogen (secondary N) is 2. The van der Waals surface area contributed by atoms with E-state index in [0.717, 1.165) is 11.3 Å². The van der Waals surface area contributed by atoms with Gasteiger partial charge in [-0.2, -0.15) is 4.98 Å². The first-order chi connectivity index (χ1) is 16.0. The summed E-state index contributed by atoms with van der Waals surface area (Å²) in [6, 6.07) is 6.84. The molecular weight excluding hydrogens is 439 g/mol. The van der Waals surface area contributed by atoms with E-state index in [-0.39, 0.29) is 23.7 Å². The Morgan fingerprint density at radius 1 is 1.09 bits per heavy atom. The lowest BCUT2D eigenvalue weighted by Gasteiger charge is -2.50. The summed E-state index contributed by atoms with van der Waals surface area (Å²) >= 11 is 0. The van der Waals surface area contributed by atoms with Gasteiger partial charge in [0.1, 0.15) is 0 Å². The molecular formula is C24H32FN6O3. The summed E-state index contributed by atoms with van der Waals surface area (Å²) in [7, 11) is 0. The van der Waals surface area contributed by atoms with E-state index >= 15 is 0 Å². The second kappa shape index (κ2) is 9.44. The first-order valence-corrected chi connectivity index (χ1v) is 11.6. The number of hydrogen-bond donors (Lipinski definition) is 2. The molecule has 0 unspecified atom stereocenters. The normalized spacial score (nSPS) is 20.7. The largest absolute Gasteiger partial charge is 0.378 e. The molecule has 1 aromatic heterocycles. The highest BCUT2D eigenvalue weighted by atomic mass is 19.1. The molecule has 0 bridgehead atoms. The van der Waals surface area contributed by atoms with Crippen LogP contribution in [0, 0.1) is 5.82 Å². The number of nitrogens with zero attached hydrogens (tertiary/aromatic N) is 4. The number of piperidine rings is 1. The van der Waals surface area contributed by atoms with Gasteiger partial charge in [0.15, 0.2) is 11.6 Å². The van der Waals surface area contributed by atoms with Gasteiger partial charge in [0.25, 0.3) is 5.91 Å². The predicted octanol–water partition coefficient (Wildman–Crippen LogP) is 3.29. The number of hydroxylamine groups is 2. The molecule has 0 atom stereocenters. The molecule has 1 amide bonds. The van der Waals surface area contributed by atoms with Crippen LogP contribution in [-0.2, 0) is 9.94 Å². The minimum Gasteiger partial charge on any atom is -0.378 e. The Hall–Kier alpha value is -2.82. The molecule has 34 heavy (non-hydrogen) atoms. The summed E-state index contributed by atoms with van der Waals surface area (Å²) in [5.41, 5.74) is 0.0866. The highest BCUT2D eigenvalue weighted by Crippen LogP contribution is 2.37. The Morgan fingerprint density at radius 2 is 1.71 bits per heavy atom. The maximum Gasteiger partial charge on any atom is 0.251 e. The van der Waals surface area contributed by atoms with Gasteiger partial charge >= 0.3 is 0 Å². The number of anilines is 3. The number of morpholine rings is 1. The van der Waals surface area contributed by atoms with E-state index < -0.39 is 16.9 Å². The van der Waals surface area contributed by atoms with Gasteiger partial charge in [-0.1, -0.05) is 0 Å². The predicted molar refractivity (Wildman–Crippen MR) is 126 cm³/mol. The van der Waals surface area contributed by atoms with Crippen LogP contribution in [0.2, 0.25) is 0 Å². The van der Waals surface area contributed by atoms with Gasteiger partial charge in [-0.05, 0) is 64.8 Å². The minimum atomic E-state index is -0.553. The van der Waals surface area contributed by atoms with Crippen LogP contribution in [0.15, 0.2) is 30.5 Å². The summed E-state index contributed by atoms with van der Waals surface area (Å²) in [5.74, 6) is -0.149. The Kier molecular flexibility index (Phi) is 6.75. The zero-order valence-corrected chi connectivity index (χ0v) is 20.1. The van der Waals surface area contributed by atoms with Crippen LogP contribution in [0.1, 0.15) is 50.9 Å². The second-order valence-electron chi connectivity index (χ2n) is 10.2. The van der Waals surface area contributed by atoms with Crippen LogP contribution >= 0.6 is 0 Å². The van der Waals surface area contributed by atoms with Gasteiger partial charge in [0.2, 0.25) is 5.95 Å². The van der Waals surface area contributed by atoms with Crippen LogP contribution in [0.5, 0.6) is 0 Å². The molecule has 0 aliphatic carbocycles. The molecule has 0 spiro atoms. The van der Waals surface area contributed by atoms with Crippen molar-refractivity contribution in [2.24, 2.45) is 0 Å². The molecule has 10 heteroatoms. The lowest BCUT2D eigenvalue weighted by atomic mass is 9.79. The molecule has 0 saturated carbocycles. The third-order valence-corrected chi connectivity index (χ3v) is 6.37. The van der Waals surface area contributed by atoms with Crippen molar-refractivity contribution in [3.05, 3.63) is 41.8 Å². The van der Waals surface area contributed by atoms with E-state index in [1.54, 1.807) is 24.3 Å². The van der Waals surface area contributed by atoms with Crippen LogP contribution in [0.25, 0.3) is 0 Å². The summed E-state index contributed by atoms with van der Waals surface area (Å²) in [6.07, 6.45) is 2.31. The quantitative estimate of drug-likeness (QED) is 0.690. The third kappa shape index (κ3) is 5.29. The monoisotopic (exact) mass is 471 g/mol. The van der Waals surface area contributed by atoms with E-state index in [2.05, 4.69) is 20.6 Å². The number of ether oxygens (including phenoxy) is 1. The van der Waals surface area contributed by atoms with Crippen molar-refractivity contribution < 1.29 is 19.1 Å². The highest BCUT2D eigenvalue weighted by molar-refractivity contribution is 5.94. The fraction of sp³-hybridized carbons (Fsp3) is 0.542. The maximum absolute atomic E-state index is 14.2. The summed E-state index contributed by atoms with van der Waals surface area (Å²) in [5, 5.41) is 19.8. The number of carbonyl (C=O) groups is 1. The summed E-state index contributed by atoms with van der Waals surface area (Å²) in [4.78, 5) is 23.0. The van der Waals surface area contributed by atoms with Crippen LogP contribution < -0.4 is 15.5 Å². The first kappa shape index (κ1) is 24.3. The Bertz CT molecular complexity index is 1010. The maximum atomic E-state index is 14.2. The van der Waals surface area contributed by atoms with Gasteiger partial charge in [-0.15, -0.1) is 10.3 Å². The van der Waals surface area contributed by atoms with Gasteiger partial charge in [0.05, 0.1) is 19.4 Å². The molecule has 3 heterocycles. The molecule has 2 fully saturated rings. The fourth-order valence-electron chi connectivity index (χ4n) is 4.88. The number of amides is 1. The zero-order valence-electron chi connectivity index (χ0n) is 20.1. The molecule has 2 N–H and O–H groups in total. The molecule has 1 radical (unpaired) electrons. The topological polar surface area (TPSA) is 103 Å². The van der Waals surface area contributed by atoms with Crippen LogP contribution in [-0.4, -0.2) is 64.4 Å². The van der Waals surface area contributed by atoms with Gasteiger partial charge in [-0.25, -0.2) is 9.37 Å². The number of hydrogen-bond acceptors (Lipinski definition) is 7. The molecule has 1 aromatic carbocycles. The number of carbonyl (C=O) groups excluding carboxylic acids is 1.